The zero-order valence-corrected chi connectivity index (χ0v) is 17.8. The minimum absolute atomic E-state index is 0.103. The molecule has 0 spiro atoms. The second-order valence-corrected chi connectivity index (χ2v) is 9.43. The molecule has 0 aliphatic carbocycles. The van der Waals surface area contributed by atoms with Gasteiger partial charge in [0.15, 0.2) is 11.6 Å². The Morgan fingerprint density at radius 3 is 2.20 bits per heavy atom. The van der Waals surface area contributed by atoms with E-state index >= 15 is 0 Å². The Kier molecular flexibility index (Phi) is 6.72. The molecule has 6 nitrogen and oxygen atoms in total. The smallest absolute Gasteiger partial charge is 0.261 e. The van der Waals surface area contributed by atoms with E-state index in [1.165, 1.54) is 12.1 Å². The molecule has 1 amide bonds. The van der Waals surface area contributed by atoms with Crippen molar-refractivity contribution in [1.29, 1.82) is 0 Å². The molecule has 30 heavy (non-hydrogen) atoms. The van der Waals surface area contributed by atoms with Crippen LogP contribution < -0.4 is 4.72 Å². The molecule has 0 atom stereocenters. The molecule has 0 unspecified atom stereocenters. The number of benzene rings is 2. The summed E-state index contributed by atoms with van der Waals surface area (Å²) in [5, 5.41) is 0. The number of carbonyl (C=O) groups excluding carboxylic acids is 1. The van der Waals surface area contributed by atoms with Crippen LogP contribution in [-0.2, 0) is 10.0 Å². The van der Waals surface area contributed by atoms with Crippen LogP contribution in [0.3, 0.4) is 0 Å². The van der Waals surface area contributed by atoms with Crippen molar-refractivity contribution >= 4 is 21.6 Å². The topological polar surface area (TPSA) is 69.7 Å². The van der Waals surface area contributed by atoms with Gasteiger partial charge in [0.05, 0.1) is 4.90 Å². The van der Waals surface area contributed by atoms with Crippen LogP contribution in [0.2, 0.25) is 0 Å². The van der Waals surface area contributed by atoms with E-state index in [0.717, 1.165) is 31.8 Å². The summed E-state index contributed by atoms with van der Waals surface area (Å²) < 4.78 is 53.4. The van der Waals surface area contributed by atoms with Crippen LogP contribution in [0.5, 0.6) is 0 Å². The third-order valence-electron chi connectivity index (χ3n) is 4.87. The molecule has 1 heterocycles. The first-order chi connectivity index (χ1) is 14.2. The highest BCUT2D eigenvalue weighted by Crippen LogP contribution is 2.19. The van der Waals surface area contributed by atoms with Crippen molar-refractivity contribution in [2.45, 2.75) is 18.7 Å². The van der Waals surface area contributed by atoms with E-state index in [0.29, 0.717) is 30.6 Å². The average molecular weight is 438 g/mol. The summed E-state index contributed by atoms with van der Waals surface area (Å²) in [5.74, 6) is -1.89. The molecule has 162 valence electrons. The fourth-order valence-corrected chi connectivity index (χ4v) is 4.44. The Labute approximate surface area is 175 Å². The van der Waals surface area contributed by atoms with Crippen LogP contribution in [0.4, 0.5) is 14.5 Å². The van der Waals surface area contributed by atoms with E-state index < -0.39 is 21.7 Å². The maximum absolute atomic E-state index is 13.3. The van der Waals surface area contributed by atoms with Crippen molar-refractivity contribution in [2.75, 3.05) is 37.4 Å². The monoisotopic (exact) mass is 437 g/mol. The van der Waals surface area contributed by atoms with Crippen molar-refractivity contribution in [3.63, 3.8) is 0 Å². The van der Waals surface area contributed by atoms with E-state index in [-0.39, 0.29) is 16.5 Å². The predicted molar refractivity (Wildman–Crippen MR) is 111 cm³/mol. The quantitative estimate of drug-likeness (QED) is 0.754. The van der Waals surface area contributed by atoms with Crippen LogP contribution in [0.15, 0.2) is 47.4 Å². The molecule has 1 aliphatic heterocycles. The predicted octanol–water partition coefficient (Wildman–Crippen LogP) is 3.18. The third-order valence-corrected chi connectivity index (χ3v) is 6.25. The largest absolute Gasteiger partial charge is 0.336 e. The summed E-state index contributed by atoms with van der Waals surface area (Å²) >= 11 is 0. The van der Waals surface area contributed by atoms with Crippen LogP contribution in [0, 0.1) is 17.6 Å². The van der Waals surface area contributed by atoms with Gasteiger partial charge in [-0.15, -0.1) is 0 Å². The number of piperazine rings is 1. The molecule has 0 saturated carbocycles. The van der Waals surface area contributed by atoms with E-state index in [9.17, 15) is 22.0 Å². The molecule has 0 radical (unpaired) electrons. The van der Waals surface area contributed by atoms with Crippen molar-refractivity contribution in [3.05, 3.63) is 59.7 Å². The van der Waals surface area contributed by atoms with Crippen molar-refractivity contribution in [1.82, 2.24) is 9.80 Å². The third kappa shape index (κ3) is 5.34. The lowest BCUT2D eigenvalue weighted by Crippen LogP contribution is -2.49. The summed E-state index contributed by atoms with van der Waals surface area (Å²) in [7, 11) is -4.08. The van der Waals surface area contributed by atoms with Crippen LogP contribution in [0.25, 0.3) is 0 Å². The fourth-order valence-electron chi connectivity index (χ4n) is 3.37. The average Bonchev–Trinajstić information content (AvgIpc) is 2.70. The zero-order chi connectivity index (χ0) is 21.9. The number of nitrogens with zero attached hydrogens (tertiary/aromatic N) is 2. The molecule has 1 fully saturated rings. The number of amides is 1. The minimum atomic E-state index is -4.08. The molecule has 3 rings (SSSR count). The highest BCUT2D eigenvalue weighted by Gasteiger charge is 2.23. The Hall–Kier alpha value is -2.52. The number of hydrogen-bond acceptors (Lipinski definition) is 4. The minimum Gasteiger partial charge on any atom is -0.336 e. The molecule has 2 aromatic rings. The molecular formula is C21H25F2N3O3S. The van der Waals surface area contributed by atoms with E-state index in [1.54, 1.807) is 17.0 Å². The standard InChI is InChI=1S/C21H25F2N3O3S/c1-15(2)14-25-9-11-26(12-10-25)21(27)16-3-5-17(6-4-16)24-30(28,29)18-7-8-19(22)20(23)13-18/h3-8,13,15,24H,9-12,14H2,1-2H3. The fraction of sp³-hybridized carbons (Fsp3) is 0.381. The van der Waals surface area contributed by atoms with Gasteiger partial charge in [-0.2, -0.15) is 0 Å². The van der Waals surface area contributed by atoms with Gasteiger partial charge >= 0.3 is 0 Å². The Bertz CT molecular complexity index is 1000. The highest BCUT2D eigenvalue weighted by atomic mass is 32.2. The normalized spacial score (nSPS) is 15.4. The lowest BCUT2D eigenvalue weighted by atomic mass is 10.1. The number of hydrogen-bond donors (Lipinski definition) is 1. The lowest BCUT2D eigenvalue weighted by Gasteiger charge is -2.35. The van der Waals surface area contributed by atoms with Gasteiger partial charge in [0.2, 0.25) is 0 Å². The highest BCUT2D eigenvalue weighted by molar-refractivity contribution is 7.92. The molecule has 9 heteroatoms. The van der Waals surface area contributed by atoms with Crippen molar-refractivity contribution in [3.8, 4) is 0 Å². The first-order valence-electron chi connectivity index (χ1n) is 9.75. The molecule has 1 saturated heterocycles. The van der Waals surface area contributed by atoms with Gasteiger partial charge < -0.3 is 4.90 Å². The zero-order valence-electron chi connectivity index (χ0n) is 16.9. The van der Waals surface area contributed by atoms with Gasteiger partial charge in [-0.3, -0.25) is 14.4 Å². The first kappa shape index (κ1) is 22.2. The van der Waals surface area contributed by atoms with Crippen LogP contribution in [-0.4, -0.2) is 56.8 Å². The Morgan fingerprint density at radius 2 is 1.63 bits per heavy atom. The molecule has 2 aromatic carbocycles. The number of rotatable bonds is 6. The van der Waals surface area contributed by atoms with Gasteiger partial charge in [0.25, 0.3) is 15.9 Å². The number of sulfonamides is 1. The Morgan fingerprint density at radius 1 is 1.00 bits per heavy atom. The molecule has 1 aliphatic rings. The molecule has 0 aromatic heterocycles. The summed E-state index contributed by atoms with van der Waals surface area (Å²) in [6, 6.07) is 8.40. The number of nitrogens with one attached hydrogen (secondary N) is 1. The second kappa shape index (κ2) is 9.09. The lowest BCUT2D eigenvalue weighted by molar-refractivity contribution is 0.0624. The van der Waals surface area contributed by atoms with Crippen LogP contribution in [0.1, 0.15) is 24.2 Å². The summed E-state index contributed by atoms with van der Waals surface area (Å²) in [6.45, 7) is 8.30. The number of carbonyl (C=O) groups is 1. The second-order valence-electron chi connectivity index (χ2n) is 7.75. The SMILES string of the molecule is CC(C)CN1CCN(C(=O)c2ccc(NS(=O)(=O)c3ccc(F)c(F)c3)cc2)CC1. The van der Waals surface area contributed by atoms with Gasteiger partial charge in [0, 0.05) is 44.0 Å². The first-order valence-corrected chi connectivity index (χ1v) is 11.2. The van der Waals surface area contributed by atoms with Crippen molar-refractivity contribution < 1.29 is 22.0 Å². The number of halogens is 2. The summed E-state index contributed by atoms with van der Waals surface area (Å²) in [4.78, 5) is 16.4. The van der Waals surface area contributed by atoms with Gasteiger partial charge in [0.1, 0.15) is 0 Å². The van der Waals surface area contributed by atoms with Crippen LogP contribution >= 0.6 is 0 Å². The molecule has 0 bridgehead atoms. The van der Waals surface area contributed by atoms with Gasteiger partial charge in [-0.25, -0.2) is 17.2 Å². The molecular weight excluding hydrogens is 412 g/mol. The van der Waals surface area contributed by atoms with E-state index in [1.807, 2.05) is 0 Å². The molecule has 1 N–H and O–H groups in total. The van der Waals surface area contributed by atoms with E-state index in [4.69, 9.17) is 0 Å². The van der Waals surface area contributed by atoms with Crippen molar-refractivity contribution in [2.24, 2.45) is 5.92 Å². The maximum atomic E-state index is 13.3. The summed E-state index contributed by atoms with van der Waals surface area (Å²) in [6.07, 6.45) is 0. The summed E-state index contributed by atoms with van der Waals surface area (Å²) in [5.41, 5.74) is 0.682. The van der Waals surface area contributed by atoms with Gasteiger partial charge in [-0.05, 0) is 48.4 Å². The van der Waals surface area contributed by atoms with E-state index in [2.05, 4.69) is 23.5 Å². The van der Waals surface area contributed by atoms with Gasteiger partial charge in [-0.1, -0.05) is 13.8 Å². The number of anilines is 1. The maximum Gasteiger partial charge on any atom is 0.261 e. The Balaban J connectivity index is 1.63.